The number of hydrogen-bond donors (Lipinski definition) is 2. The number of hydrogen-bond acceptors (Lipinski definition) is 3. The van der Waals surface area contributed by atoms with Gasteiger partial charge in [0.05, 0.1) is 10.7 Å². The van der Waals surface area contributed by atoms with Crippen molar-refractivity contribution in [3.63, 3.8) is 0 Å². The predicted molar refractivity (Wildman–Crippen MR) is 104 cm³/mol. The second kappa shape index (κ2) is 8.69. The molecule has 2 N–H and O–H groups in total. The third-order valence-corrected chi connectivity index (χ3v) is 3.91. The molecule has 26 heavy (non-hydrogen) atoms. The molecule has 6 nitrogen and oxygen atoms in total. The molecule has 2 rings (SSSR count). The van der Waals surface area contributed by atoms with Crippen molar-refractivity contribution in [3.8, 4) is 0 Å². The maximum Gasteiger partial charge on any atom is 0.244 e. The Hall–Kier alpha value is -2.57. The summed E-state index contributed by atoms with van der Waals surface area (Å²) in [5.41, 5.74) is 1.42. The second-order valence-electron chi connectivity index (χ2n) is 5.51. The SMILES string of the molecule is CC(=O)Nc1cccc(N(CC(=O)Nc2ccc(Cl)cc2Cl)C(C)=O)c1. The van der Waals surface area contributed by atoms with Crippen LogP contribution in [-0.2, 0) is 14.4 Å². The van der Waals surface area contributed by atoms with Gasteiger partial charge in [0.2, 0.25) is 17.7 Å². The van der Waals surface area contributed by atoms with Crippen LogP contribution in [0.4, 0.5) is 17.1 Å². The third kappa shape index (κ3) is 5.47. The first-order chi connectivity index (χ1) is 12.3. The van der Waals surface area contributed by atoms with Crippen molar-refractivity contribution in [2.75, 3.05) is 22.1 Å². The Bertz CT molecular complexity index is 855. The summed E-state index contributed by atoms with van der Waals surface area (Å²) in [6, 6.07) is 11.4. The van der Waals surface area contributed by atoms with E-state index < -0.39 is 5.91 Å². The van der Waals surface area contributed by atoms with Crippen LogP contribution in [0.15, 0.2) is 42.5 Å². The number of carbonyl (C=O) groups excluding carboxylic acids is 3. The first-order valence-electron chi connectivity index (χ1n) is 7.67. The number of nitrogens with one attached hydrogen (secondary N) is 2. The maximum absolute atomic E-state index is 12.3. The van der Waals surface area contributed by atoms with E-state index in [1.54, 1.807) is 36.4 Å². The summed E-state index contributed by atoms with van der Waals surface area (Å²) in [5.74, 6) is -0.969. The van der Waals surface area contributed by atoms with Gasteiger partial charge in [-0.1, -0.05) is 29.3 Å². The Morgan fingerprint density at radius 3 is 2.35 bits per heavy atom. The van der Waals surface area contributed by atoms with Gasteiger partial charge in [-0.25, -0.2) is 0 Å². The first-order valence-corrected chi connectivity index (χ1v) is 8.42. The molecular formula is C18H17Cl2N3O3. The summed E-state index contributed by atoms with van der Waals surface area (Å²) in [7, 11) is 0. The summed E-state index contributed by atoms with van der Waals surface area (Å²) >= 11 is 11.9. The van der Waals surface area contributed by atoms with Gasteiger partial charge in [-0.2, -0.15) is 0 Å². The van der Waals surface area contributed by atoms with Crippen molar-refractivity contribution < 1.29 is 14.4 Å². The number of rotatable bonds is 5. The number of amides is 3. The van der Waals surface area contributed by atoms with E-state index in [0.29, 0.717) is 27.1 Å². The smallest absolute Gasteiger partial charge is 0.244 e. The lowest BCUT2D eigenvalue weighted by molar-refractivity contribution is -0.120. The fourth-order valence-electron chi connectivity index (χ4n) is 2.26. The van der Waals surface area contributed by atoms with Crippen LogP contribution in [0.2, 0.25) is 10.0 Å². The minimum Gasteiger partial charge on any atom is -0.326 e. The molecule has 0 heterocycles. The lowest BCUT2D eigenvalue weighted by Crippen LogP contribution is -2.36. The zero-order valence-corrected chi connectivity index (χ0v) is 15.7. The van der Waals surface area contributed by atoms with Gasteiger partial charge in [-0.15, -0.1) is 0 Å². The number of carbonyl (C=O) groups is 3. The van der Waals surface area contributed by atoms with Crippen molar-refractivity contribution in [1.29, 1.82) is 0 Å². The Balaban J connectivity index is 2.16. The van der Waals surface area contributed by atoms with Crippen molar-refractivity contribution in [2.24, 2.45) is 0 Å². The average molecular weight is 394 g/mol. The topological polar surface area (TPSA) is 78.5 Å². The van der Waals surface area contributed by atoms with E-state index in [1.165, 1.54) is 24.8 Å². The Morgan fingerprint density at radius 1 is 1.00 bits per heavy atom. The fraction of sp³-hybridized carbons (Fsp3) is 0.167. The third-order valence-electron chi connectivity index (χ3n) is 3.37. The van der Waals surface area contributed by atoms with Crippen molar-refractivity contribution in [2.45, 2.75) is 13.8 Å². The van der Waals surface area contributed by atoms with Gasteiger partial charge in [0.1, 0.15) is 6.54 Å². The molecule has 0 atom stereocenters. The molecule has 0 unspecified atom stereocenters. The normalized spacial score (nSPS) is 10.2. The molecule has 0 fully saturated rings. The molecule has 0 aliphatic rings. The molecule has 0 saturated carbocycles. The van der Waals surface area contributed by atoms with E-state index in [4.69, 9.17) is 23.2 Å². The Morgan fingerprint density at radius 2 is 1.73 bits per heavy atom. The maximum atomic E-state index is 12.3. The van der Waals surface area contributed by atoms with Gasteiger partial charge in [0.15, 0.2) is 0 Å². The van der Waals surface area contributed by atoms with Crippen molar-refractivity contribution in [1.82, 2.24) is 0 Å². The van der Waals surface area contributed by atoms with E-state index >= 15 is 0 Å². The molecule has 0 spiro atoms. The van der Waals surface area contributed by atoms with Crippen LogP contribution < -0.4 is 15.5 Å². The second-order valence-corrected chi connectivity index (χ2v) is 6.35. The highest BCUT2D eigenvalue weighted by atomic mass is 35.5. The van der Waals surface area contributed by atoms with Crippen molar-refractivity contribution in [3.05, 3.63) is 52.5 Å². The minimum absolute atomic E-state index is 0.211. The molecule has 0 bridgehead atoms. The summed E-state index contributed by atoms with van der Waals surface area (Å²) in [5, 5.41) is 6.03. The van der Waals surface area contributed by atoms with Crippen LogP contribution in [-0.4, -0.2) is 24.3 Å². The number of halogens is 2. The van der Waals surface area contributed by atoms with Crippen LogP contribution in [0.1, 0.15) is 13.8 Å². The Kier molecular flexibility index (Phi) is 6.60. The summed E-state index contributed by atoms with van der Waals surface area (Å²) in [6.45, 7) is 2.53. The van der Waals surface area contributed by atoms with Gasteiger partial charge in [0, 0.05) is 30.2 Å². The van der Waals surface area contributed by atoms with Crippen LogP contribution in [0.5, 0.6) is 0 Å². The zero-order chi connectivity index (χ0) is 19.3. The molecular weight excluding hydrogens is 377 g/mol. The highest BCUT2D eigenvalue weighted by Crippen LogP contribution is 2.25. The standard InChI is InChI=1S/C18H17Cl2N3O3/c1-11(24)21-14-4-3-5-15(9-14)23(12(2)25)10-18(26)22-17-7-6-13(19)8-16(17)20/h3-9H,10H2,1-2H3,(H,21,24)(H,22,26). The molecule has 2 aromatic carbocycles. The average Bonchev–Trinajstić information content (AvgIpc) is 2.54. The molecule has 0 aliphatic heterocycles. The van der Waals surface area contributed by atoms with Gasteiger partial charge in [0.25, 0.3) is 0 Å². The minimum atomic E-state index is -0.422. The number of benzene rings is 2. The molecule has 8 heteroatoms. The lowest BCUT2D eigenvalue weighted by atomic mass is 10.2. The van der Waals surface area contributed by atoms with Crippen LogP contribution in [0.25, 0.3) is 0 Å². The summed E-state index contributed by atoms with van der Waals surface area (Å²) in [4.78, 5) is 36.8. The lowest BCUT2D eigenvalue weighted by Gasteiger charge is -2.21. The van der Waals surface area contributed by atoms with E-state index in [1.807, 2.05) is 0 Å². The predicted octanol–water partition coefficient (Wildman–Crippen LogP) is 3.94. The molecule has 3 amide bonds. The largest absolute Gasteiger partial charge is 0.326 e. The van der Waals surface area contributed by atoms with E-state index in [-0.39, 0.29) is 18.4 Å². The molecule has 0 aromatic heterocycles. The number of nitrogens with zero attached hydrogens (tertiary/aromatic N) is 1. The quantitative estimate of drug-likeness (QED) is 0.806. The van der Waals surface area contributed by atoms with Gasteiger partial charge in [-0.3, -0.25) is 14.4 Å². The van der Waals surface area contributed by atoms with E-state index in [2.05, 4.69) is 10.6 Å². The van der Waals surface area contributed by atoms with Gasteiger partial charge >= 0.3 is 0 Å². The highest BCUT2D eigenvalue weighted by molar-refractivity contribution is 6.36. The first kappa shape index (κ1) is 19.8. The van der Waals surface area contributed by atoms with Gasteiger partial charge in [-0.05, 0) is 36.4 Å². The Labute approximate surface area is 161 Å². The molecule has 0 radical (unpaired) electrons. The van der Waals surface area contributed by atoms with Crippen LogP contribution in [0, 0.1) is 0 Å². The van der Waals surface area contributed by atoms with Gasteiger partial charge < -0.3 is 15.5 Å². The van der Waals surface area contributed by atoms with Crippen molar-refractivity contribution >= 4 is 58.0 Å². The molecule has 0 saturated heterocycles. The molecule has 136 valence electrons. The molecule has 2 aromatic rings. The van der Waals surface area contributed by atoms with E-state index in [9.17, 15) is 14.4 Å². The van der Waals surface area contributed by atoms with Crippen LogP contribution in [0.3, 0.4) is 0 Å². The monoisotopic (exact) mass is 393 g/mol. The number of anilines is 3. The van der Waals surface area contributed by atoms with Crippen LogP contribution >= 0.6 is 23.2 Å². The zero-order valence-electron chi connectivity index (χ0n) is 14.2. The summed E-state index contributed by atoms with van der Waals surface area (Å²) in [6.07, 6.45) is 0. The van der Waals surface area contributed by atoms with E-state index in [0.717, 1.165) is 0 Å². The molecule has 0 aliphatic carbocycles. The highest BCUT2D eigenvalue weighted by Gasteiger charge is 2.17. The fourth-order valence-corrected chi connectivity index (χ4v) is 2.72. The summed E-state index contributed by atoms with van der Waals surface area (Å²) < 4.78 is 0.